The number of nitrogens with zero attached hydrogens (tertiary/aromatic N) is 2. The number of fused-ring (bicyclic) bond motifs is 2. The van der Waals surface area contributed by atoms with Gasteiger partial charge in [-0.1, -0.05) is 60.7 Å². The number of esters is 1. The van der Waals surface area contributed by atoms with Crippen molar-refractivity contribution in [3.8, 4) is 0 Å². The van der Waals surface area contributed by atoms with Crippen LogP contribution >= 0.6 is 23.5 Å². The molecule has 6 rings (SSSR count). The fourth-order valence-corrected chi connectivity index (χ4v) is 11.3. The van der Waals surface area contributed by atoms with Crippen LogP contribution in [0.5, 0.6) is 0 Å². The van der Waals surface area contributed by atoms with Crippen LogP contribution in [-0.2, 0) is 41.6 Å². The molecule has 4 amide bonds. The second-order valence-corrected chi connectivity index (χ2v) is 17.5. The SMILES string of the molecule is COC(=O)[C@@H]1CCC[C@@H]2SCC[C@H](NC(=O)[C@H](CC[C@H](Cc3ccccc3)C(=O)N[C@H]3CCS[C@H]4CCC[C@@H](C)N4C3=O)Cc3ccccc3)C(=O)N21. The Morgan fingerprint density at radius 1 is 0.698 bits per heavy atom. The number of hydrogen-bond acceptors (Lipinski definition) is 8. The van der Waals surface area contributed by atoms with E-state index in [9.17, 15) is 24.0 Å². The van der Waals surface area contributed by atoms with Crippen LogP contribution < -0.4 is 10.6 Å². The molecular weight excluding hydrogens is 709 g/mol. The second kappa shape index (κ2) is 18.7. The molecule has 0 bridgehead atoms. The second-order valence-electron chi connectivity index (χ2n) is 14.9. The number of hydrogen-bond donors (Lipinski definition) is 2. The highest BCUT2D eigenvalue weighted by Crippen LogP contribution is 2.36. The van der Waals surface area contributed by atoms with Crippen molar-refractivity contribution in [2.45, 2.75) is 119 Å². The van der Waals surface area contributed by atoms with Crippen molar-refractivity contribution in [2.24, 2.45) is 11.8 Å². The molecule has 10 nitrogen and oxygen atoms in total. The lowest BCUT2D eigenvalue weighted by Crippen LogP contribution is -2.57. The van der Waals surface area contributed by atoms with E-state index in [1.54, 1.807) is 16.7 Å². The molecule has 0 unspecified atom stereocenters. The number of benzene rings is 2. The first-order valence-corrected chi connectivity index (χ1v) is 21.5. The smallest absolute Gasteiger partial charge is 0.328 e. The third kappa shape index (κ3) is 9.79. The number of thioether (sulfide) groups is 2. The molecule has 4 heterocycles. The monoisotopic (exact) mass is 762 g/mol. The average Bonchev–Trinajstić information content (AvgIpc) is 3.43. The molecule has 286 valence electrons. The quantitative estimate of drug-likeness (QED) is 0.278. The molecule has 2 N–H and O–H groups in total. The lowest BCUT2D eigenvalue weighted by Gasteiger charge is -2.40. The van der Waals surface area contributed by atoms with Crippen molar-refractivity contribution in [3.63, 3.8) is 0 Å². The van der Waals surface area contributed by atoms with E-state index in [2.05, 4.69) is 17.6 Å². The van der Waals surface area contributed by atoms with E-state index < -0.39 is 35.9 Å². The van der Waals surface area contributed by atoms with Gasteiger partial charge in [-0.2, -0.15) is 0 Å². The fourth-order valence-electron chi connectivity index (χ4n) is 8.41. The molecule has 4 aliphatic rings. The summed E-state index contributed by atoms with van der Waals surface area (Å²) < 4.78 is 5.07. The maximum Gasteiger partial charge on any atom is 0.328 e. The Morgan fingerprint density at radius 2 is 1.17 bits per heavy atom. The van der Waals surface area contributed by atoms with Crippen molar-refractivity contribution < 1.29 is 28.7 Å². The minimum absolute atomic E-state index is 0.0111. The van der Waals surface area contributed by atoms with Crippen molar-refractivity contribution in [1.82, 2.24) is 20.4 Å². The lowest BCUT2D eigenvalue weighted by atomic mass is 9.86. The lowest BCUT2D eigenvalue weighted by molar-refractivity contribution is -0.156. The number of methoxy groups -OCH3 is 1. The zero-order chi connectivity index (χ0) is 37.3. The van der Waals surface area contributed by atoms with Crippen LogP contribution in [0.15, 0.2) is 60.7 Å². The van der Waals surface area contributed by atoms with E-state index in [4.69, 9.17) is 4.74 Å². The van der Waals surface area contributed by atoms with E-state index in [0.29, 0.717) is 50.7 Å². The molecule has 0 radical (unpaired) electrons. The van der Waals surface area contributed by atoms with Crippen molar-refractivity contribution in [1.29, 1.82) is 0 Å². The molecule has 0 saturated carbocycles. The van der Waals surface area contributed by atoms with E-state index in [0.717, 1.165) is 49.0 Å². The zero-order valence-electron chi connectivity index (χ0n) is 31.0. The largest absolute Gasteiger partial charge is 0.467 e. The van der Waals surface area contributed by atoms with Gasteiger partial charge in [-0.15, -0.1) is 23.5 Å². The Hall–Kier alpha value is -3.51. The van der Waals surface area contributed by atoms with E-state index in [1.807, 2.05) is 77.3 Å². The third-order valence-corrected chi connectivity index (χ3v) is 14.0. The average molecular weight is 763 g/mol. The molecule has 0 aliphatic carbocycles. The van der Waals surface area contributed by atoms with Crippen LogP contribution in [0.1, 0.15) is 82.3 Å². The summed E-state index contributed by atoms with van der Waals surface area (Å²) in [6.45, 7) is 2.11. The maximum absolute atomic E-state index is 14.3. The Kier molecular flexibility index (Phi) is 13.8. The van der Waals surface area contributed by atoms with Crippen LogP contribution in [0.4, 0.5) is 0 Å². The van der Waals surface area contributed by atoms with Crippen LogP contribution in [0.2, 0.25) is 0 Å². The van der Waals surface area contributed by atoms with Crippen LogP contribution in [0.3, 0.4) is 0 Å². The van der Waals surface area contributed by atoms with Crippen LogP contribution in [0.25, 0.3) is 0 Å². The normalized spacial score (nSPS) is 27.3. The first-order chi connectivity index (χ1) is 25.7. The number of amides is 4. The topological polar surface area (TPSA) is 125 Å². The summed E-state index contributed by atoms with van der Waals surface area (Å²) in [6.07, 6.45) is 8.08. The molecule has 12 heteroatoms. The third-order valence-electron chi connectivity index (χ3n) is 11.3. The number of piperidine rings is 2. The van der Waals surface area contributed by atoms with Gasteiger partial charge in [0.2, 0.25) is 23.6 Å². The predicted molar refractivity (Wildman–Crippen MR) is 209 cm³/mol. The molecule has 0 aromatic heterocycles. The standard InChI is InChI=1S/C41H54N4O6S2/c1-27-11-9-17-35-44(27)39(48)32(21-23-52-35)42-37(46)30(25-28-12-5-3-6-13-28)19-20-31(26-29-14-7-4-8-15-29)38(47)43-33-22-24-53-36-18-10-16-34(41(50)51-2)45(36)40(33)49/h3-8,12-15,27,30-36H,9-11,16-26H2,1-2H3,(H,42,46)(H,43,47)/t27-,30-,31-,32+,33+,34+,35+,36+/m1/s1. The highest BCUT2D eigenvalue weighted by atomic mass is 32.2. The van der Waals surface area contributed by atoms with Gasteiger partial charge < -0.3 is 25.2 Å². The van der Waals surface area contributed by atoms with E-state index in [-0.39, 0.29) is 40.4 Å². The highest BCUT2D eigenvalue weighted by Gasteiger charge is 2.44. The summed E-state index contributed by atoms with van der Waals surface area (Å²) >= 11 is 3.48. The Labute approximate surface area is 322 Å². The van der Waals surface area contributed by atoms with Gasteiger partial charge >= 0.3 is 5.97 Å². The molecule has 2 aromatic rings. The molecular formula is C41H54N4O6S2. The predicted octanol–water partition coefficient (Wildman–Crippen LogP) is 5.34. The summed E-state index contributed by atoms with van der Waals surface area (Å²) in [5.41, 5.74) is 2.01. The summed E-state index contributed by atoms with van der Waals surface area (Å²) in [5, 5.41) is 6.32. The Morgan fingerprint density at radius 3 is 1.68 bits per heavy atom. The molecule has 0 spiro atoms. The Bertz CT molecular complexity index is 1580. The number of nitrogens with one attached hydrogen (secondary N) is 2. The maximum atomic E-state index is 14.3. The van der Waals surface area contributed by atoms with Crippen molar-refractivity contribution in [3.05, 3.63) is 71.8 Å². The number of carbonyl (C=O) groups is 5. The van der Waals surface area contributed by atoms with Crippen molar-refractivity contribution in [2.75, 3.05) is 18.6 Å². The summed E-state index contributed by atoms with van der Waals surface area (Å²) in [6, 6.07) is 17.9. The van der Waals surface area contributed by atoms with Crippen molar-refractivity contribution >= 4 is 53.1 Å². The number of rotatable bonds is 12. The molecule has 53 heavy (non-hydrogen) atoms. The van der Waals surface area contributed by atoms with Gasteiger partial charge in [0.1, 0.15) is 18.1 Å². The van der Waals surface area contributed by atoms with Gasteiger partial charge in [0.05, 0.1) is 17.9 Å². The van der Waals surface area contributed by atoms with Gasteiger partial charge in [0.15, 0.2) is 0 Å². The van der Waals surface area contributed by atoms with Crippen LogP contribution in [-0.4, -0.2) is 92.9 Å². The fraction of sp³-hybridized carbons (Fsp3) is 0.585. The molecule has 4 saturated heterocycles. The van der Waals surface area contributed by atoms with Gasteiger partial charge in [-0.3, -0.25) is 19.2 Å². The minimum Gasteiger partial charge on any atom is -0.467 e. The first kappa shape index (κ1) is 39.2. The van der Waals surface area contributed by atoms with Gasteiger partial charge in [0.25, 0.3) is 0 Å². The van der Waals surface area contributed by atoms with Gasteiger partial charge in [-0.05, 0) is 107 Å². The number of ether oxygens (including phenoxy) is 1. The number of carbonyl (C=O) groups excluding carboxylic acids is 5. The van der Waals surface area contributed by atoms with Gasteiger partial charge in [0, 0.05) is 17.9 Å². The molecule has 8 atom stereocenters. The first-order valence-electron chi connectivity index (χ1n) is 19.4. The summed E-state index contributed by atoms with van der Waals surface area (Å²) in [4.78, 5) is 72.8. The zero-order valence-corrected chi connectivity index (χ0v) is 32.6. The van der Waals surface area contributed by atoms with E-state index >= 15 is 0 Å². The highest BCUT2D eigenvalue weighted by molar-refractivity contribution is 8.00. The summed E-state index contributed by atoms with van der Waals surface area (Å²) in [7, 11) is 1.35. The van der Waals surface area contributed by atoms with Crippen LogP contribution in [0, 0.1) is 11.8 Å². The summed E-state index contributed by atoms with van der Waals surface area (Å²) in [5.74, 6) is -0.526. The Balaban J connectivity index is 1.19. The molecule has 4 aliphatic heterocycles. The van der Waals surface area contributed by atoms with E-state index in [1.165, 1.54) is 7.11 Å². The minimum atomic E-state index is -0.757. The molecule has 2 aromatic carbocycles. The van der Waals surface area contributed by atoms with Gasteiger partial charge in [-0.25, -0.2) is 4.79 Å². The molecule has 4 fully saturated rings.